The number of rotatable bonds is 8. The lowest BCUT2D eigenvalue weighted by Crippen LogP contribution is -2.05. The Morgan fingerprint density at radius 2 is 1.43 bits per heavy atom. The molecule has 30 heavy (non-hydrogen) atoms. The molecule has 0 amide bonds. The monoisotopic (exact) mass is 395 g/mol. The highest BCUT2D eigenvalue weighted by atomic mass is 16.5. The number of nitrogens with zero attached hydrogens (tertiary/aromatic N) is 2. The SMILES string of the molecule is COc1ccc(-c2ccc(-c3cc(NCCCc4ccccc4)ncn3)cc2)cc1. The molecule has 0 bridgehead atoms. The van der Waals surface area contributed by atoms with E-state index in [9.17, 15) is 0 Å². The lowest BCUT2D eigenvalue weighted by molar-refractivity contribution is 0.415. The fraction of sp³-hybridized carbons (Fsp3) is 0.154. The van der Waals surface area contributed by atoms with Crippen LogP contribution in [0.5, 0.6) is 5.75 Å². The average Bonchev–Trinajstić information content (AvgIpc) is 2.83. The number of anilines is 1. The Bertz CT molecular complexity index is 1060. The second kappa shape index (κ2) is 9.70. The average molecular weight is 396 g/mol. The van der Waals surface area contributed by atoms with E-state index in [2.05, 4.69) is 75.9 Å². The summed E-state index contributed by atoms with van der Waals surface area (Å²) < 4.78 is 5.23. The molecule has 0 spiro atoms. The van der Waals surface area contributed by atoms with E-state index in [0.717, 1.165) is 53.3 Å². The molecule has 4 aromatic rings. The van der Waals surface area contributed by atoms with Crippen molar-refractivity contribution in [2.24, 2.45) is 0 Å². The summed E-state index contributed by atoms with van der Waals surface area (Å²) in [5.41, 5.74) is 5.67. The van der Waals surface area contributed by atoms with Gasteiger partial charge < -0.3 is 10.1 Å². The van der Waals surface area contributed by atoms with E-state index in [1.54, 1.807) is 13.4 Å². The van der Waals surface area contributed by atoms with Crippen molar-refractivity contribution in [3.05, 3.63) is 96.8 Å². The maximum Gasteiger partial charge on any atom is 0.129 e. The minimum Gasteiger partial charge on any atom is -0.497 e. The van der Waals surface area contributed by atoms with E-state index in [1.165, 1.54) is 5.56 Å². The van der Waals surface area contributed by atoms with Gasteiger partial charge in [0.05, 0.1) is 12.8 Å². The number of methoxy groups -OCH3 is 1. The molecule has 0 fully saturated rings. The van der Waals surface area contributed by atoms with Gasteiger partial charge in [0.15, 0.2) is 0 Å². The van der Waals surface area contributed by atoms with Gasteiger partial charge >= 0.3 is 0 Å². The number of aryl methyl sites for hydroxylation is 1. The summed E-state index contributed by atoms with van der Waals surface area (Å²) in [7, 11) is 1.68. The van der Waals surface area contributed by atoms with Crippen LogP contribution in [0.1, 0.15) is 12.0 Å². The molecule has 4 heteroatoms. The summed E-state index contributed by atoms with van der Waals surface area (Å²) in [5, 5.41) is 3.41. The van der Waals surface area contributed by atoms with E-state index < -0.39 is 0 Å². The Kier molecular flexibility index (Phi) is 6.35. The third kappa shape index (κ3) is 5.03. The highest BCUT2D eigenvalue weighted by Crippen LogP contribution is 2.26. The third-order valence-electron chi connectivity index (χ3n) is 5.06. The molecule has 0 unspecified atom stereocenters. The van der Waals surface area contributed by atoms with Gasteiger partial charge in [0.25, 0.3) is 0 Å². The van der Waals surface area contributed by atoms with Gasteiger partial charge in [-0.3, -0.25) is 0 Å². The van der Waals surface area contributed by atoms with E-state index >= 15 is 0 Å². The summed E-state index contributed by atoms with van der Waals surface area (Å²) >= 11 is 0. The Labute approximate surface area is 177 Å². The van der Waals surface area contributed by atoms with E-state index in [4.69, 9.17) is 4.74 Å². The van der Waals surface area contributed by atoms with E-state index in [-0.39, 0.29) is 0 Å². The zero-order valence-electron chi connectivity index (χ0n) is 17.1. The smallest absolute Gasteiger partial charge is 0.129 e. The highest BCUT2D eigenvalue weighted by Gasteiger charge is 2.04. The molecule has 0 saturated heterocycles. The van der Waals surface area contributed by atoms with Gasteiger partial charge in [-0.05, 0) is 41.7 Å². The normalized spacial score (nSPS) is 10.6. The number of nitrogens with one attached hydrogen (secondary N) is 1. The van der Waals surface area contributed by atoms with Crippen LogP contribution in [-0.4, -0.2) is 23.6 Å². The van der Waals surface area contributed by atoms with Crippen LogP contribution in [0.15, 0.2) is 91.3 Å². The first-order valence-electron chi connectivity index (χ1n) is 10.2. The van der Waals surface area contributed by atoms with Crippen molar-refractivity contribution in [1.82, 2.24) is 9.97 Å². The molecule has 150 valence electrons. The minimum atomic E-state index is 0.854. The molecular formula is C26H25N3O. The number of aromatic nitrogens is 2. The van der Waals surface area contributed by atoms with Crippen LogP contribution in [0.25, 0.3) is 22.4 Å². The quantitative estimate of drug-likeness (QED) is 0.379. The molecule has 4 nitrogen and oxygen atoms in total. The molecule has 0 aliphatic rings. The number of ether oxygens (including phenoxy) is 1. The topological polar surface area (TPSA) is 47.0 Å². The Balaban J connectivity index is 1.38. The molecule has 0 radical (unpaired) electrons. The molecule has 0 atom stereocenters. The van der Waals surface area contributed by atoms with Gasteiger partial charge in [0.1, 0.15) is 17.9 Å². The van der Waals surface area contributed by atoms with Gasteiger partial charge in [0.2, 0.25) is 0 Å². The summed E-state index contributed by atoms with van der Waals surface area (Å²) in [6.45, 7) is 0.877. The fourth-order valence-corrected chi connectivity index (χ4v) is 3.38. The van der Waals surface area contributed by atoms with Crippen LogP contribution in [0.4, 0.5) is 5.82 Å². The first-order valence-corrected chi connectivity index (χ1v) is 10.2. The van der Waals surface area contributed by atoms with Crippen LogP contribution in [-0.2, 0) is 6.42 Å². The van der Waals surface area contributed by atoms with Gasteiger partial charge in [-0.2, -0.15) is 0 Å². The molecule has 0 aliphatic carbocycles. The zero-order chi connectivity index (χ0) is 20.6. The lowest BCUT2D eigenvalue weighted by atomic mass is 10.0. The lowest BCUT2D eigenvalue weighted by Gasteiger charge is -2.08. The van der Waals surface area contributed by atoms with Crippen molar-refractivity contribution in [2.45, 2.75) is 12.8 Å². The predicted molar refractivity (Wildman–Crippen MR) is 123 cm³/mol. The second-order valence-electron chi connectivity index (χ2n) is 7.11. The first-order chi connectivity index (χ1) is 14.8. The summed E-state index contributed by atoms with van der Waals surface area (Å²) in [6, 6.07) is 29.1. The Morgan fingerprint density at radius 3 is 2.13 bits per heavy atom. The Morgan fingerprint density at radius 1 is 0.767 bits per heavy atom. The second-order valence-corrected chi connectivity index (χ2v) is 7.11. The van der Waals surface area contributed by atoms with Crippen molar-refractivity contribution in [3.63, 3.8) is 0 Å². The van der Waals surface area contributed by atoms with Crippen LogP contribution in [0, 0.1) is 0 Å². The number of hydrogen-bond acceptors (Lipinski definition) is 4. The summed E-state index contributed by atoms with van der Waals surface area (Å²) in [6.07, 6.45) is 3.73. The Hall–Kier alpha value is -3.66. The van der Waals surface area contributed by atoms with Gasteiger partial charge in [-0.1, -0.05) is 66.7 Å². The van der Waals surface area contributed by atoms with Crippen LogP contribution >= 0.6 is 0 Å². The molecule has 0 aliphatic heterocycles. The fourth-order valence-electron chi connectivity index (χ4n) is 3.38. The van der Waals surface area contributed by atoms with E-state index in [1.807, 2.05) is 24.3 Å². The molecular weight excluding hydrogens is 370 g/mol. The van der Waals surface area contributed by atoms with Crippen molar-refractivity contribution in [2.75, 3.05) is 19.0 Å². The molecule has 1 heterocycles. The maximum atomic E-state index is 5.23. The van der Waals surface area contributed by atoms with Gasteiger partial charge in [-0.15, -0.1) is 0 Å². The largest absolute Gasteiger partial charge is 0.497 e. The molecule has 3 aromatic carbocycles. The minimum absolute atomic E-state index is 0.854. The van der Waals surface area contributed by atoms with E-state index in [0.29, 0.717) is 0 Å². The van der Waals surface area contributed by atoms with Crippen molar-refractivity contribution in [3.8, 4) is 28.1 Å². The predicted octanol–water partition coefficient (Wildman–Crippen LogP) is 5.86. The standard InChI is InChI=1S/C26H25N3O/c1-30-24-15-13-22(14-16-24)21-9-11-23(12-10-21)25-18-26(29-19-28-25)27-17-5-8-20-6-3-2-4-7-20/h2-4,6-7,9-16,18-19H,5,8,17H2,1H3,(H,27,28,29). The van der Waals surface area contributed by atoms with Gasteiger partial charge in [0, 0.05) is 18.2 Å². The van der Waals surface area contributed by atoms with Crippen molar-refractivity contribution >= 4 is 5.82 Å². The summed E-state index contributed by atoms with van der Waals surface area (Å²) in [4.78, 5) is 8.80. The molecule has 1 aromatic heterocycles. The number of benzene rings is 3. The van der Waals surface area contributed by atoms with Crippen LogP contribution < -0.4 is 10.1 Å². The summed E-state index contributed by atoms with van der Waals surface area (Å²) in [5.74, 6) is 1.72. The van der Waals surface area contributed by atoms with Crippen molar-refractivity contribution in [1.29, 1.82) is 0 Å². The van der Waals surface area contributed by atoms with Crippen LogP contribution in [0.3, 0.4) is 0 Å². The molecule has 0 saturated carbocycles. The maximum absolute atomic E-state index is 5.23. The molecule has 4 rings (SSSR count). The first kappa shape index (κ1) is 19.6. The highest BCUT2D eigenvalue weighted by molar-refractivity contribution is 5.70. The van der Waals surface area contributed by atoms with Gasteiger partial charge in [-0.25, -0.2) is 9.97 Å². The number of hydrogen-bond donors (Lipinski definition) is 1. The van der Waals surface area contributed by atoms with Crippen LogP contribution in [0.2, 0.25) is 0 Å². The van der Waals surface area contributed by atoms with Crippen molar-refractivity contribution < 1.29 is 4.74 Å². The zero-order valence-corrected chi connectivity index (χ0v) is 17.1. The third-order valence-corrected chi connectivity index (χ3v) is 5.06. The molecule has 1 N–H and O–H groups in total.